The van der Waals surface area contributed by atoms with Crippen molar-refractivity contribution in [2.45, 2.75) is 18.4 Å². The molecule has 0 saturated heterocycles. The van der Waals surface area contributed by atoms with Gasteiger partial charge in [-0.15, -0.1) is 11.3 Å². The fraction of sp³-hybridized carbons (Fsp3) is 0.167. The van der Waals surface area contributed by atoms with Crippen molar-refractivity contribution in [2.24, 2.45) is 0 Å². The van der Waals surface area contributed by atoms with Gasteiger partial charge in [-0.05, 0) is 62.5 Å². The molecule has 0 atom stereocenters. The Balaban J connectivity index is 2.18. The molecule has 0 saturated carbocycles. The molecule has 0 bridgehead atoms. The van der Waals surface area contributed by atoms with Gasteiger partial charge in [0.1, 0.15) is 0 Å². The topological polar surface area (TPSA) is 46.2 Å². The largest absolute Gasteiger partial charge is 0.242 e. The molecule has 1 aromatic heterocycles. The zero-order chi connectivity index (χ0) is 14.0. The van der Waals surface area contributed by atoms with E-state index in [0.717, 1.165) is 14.9 Å². The standard InChI is InChI=1S/C12H11Br2NO2S2/c1-8-2-3-12(11(14)4-8)19(16,17)15-6-10-5-9(13)7-18-10/h2-5,7,15H,6H2,1H3. The summed E-state index contributed by atoms with van der Waals surface area (Å²) in [6, 6.07) is 7.07. The molecule has 0 amide bonds. The summed E-state index contributed by atoms with van der Waals surface area (Å²) in [5.41, 5.74) is 1.01. The Morgan fingerprint density at radius 3 is 2.58 bits per heavy atom. The second-order valence-electron chi connectivity index (χ2n) is 3.99. The smallest absolute Gasteiger partial charge is 0.207 e. The maximum atomic E-state index is 12.2. The van der Waals surface area contributed by atoms with E-state index in [1.54, 1.807) is 18.2 Å². The molecule has 19 heavy (non-hydrogen) atoms. The van der Waals surface area contributed by atoms with E-state index in [4.69, 9.17) is 0 Å². The Labute approximate surface area is 133 Å². The number of benzene rings is 1. The highest BCUT2D eigenvalue weighted by Gasteiger charge is 2.17. The Hall–Kier alpha value is -0.210. The van der Waals surface area contributed by atoms with Gasteiger partial charge in [0, 0.05) is 25.7 Å². The van der Waals surface area contributed by atoms with E-state index < -0.39 is 10.0 Å². The van der Waals surface area contributed by atoms with Gasteiger partial charge in [0.25, 0.3) is 0 Å². The van der Waals surface area contributed by atoms with Crippen molar-refractivity contribution in [3.8, 4) is 0 Å². The van der Waals surface area contributed by atoms with Crippen LogP contribution in [0.1, 0.15) is 10.4 Å². The zero-order valence-electron chi connectivity index (χ0n) is 9.98. The van der Waals surface area contributed by atoms with Crippen molar-refractivity contribution in [3.05, 3.63) is 49.0 Å². The number of aryl methyl sites for hydroxylation is 1. The molecular formula is C12H11Br2NO2S2. The summed E-state index contributed by atoms with van der Waals surface area (Å²) in [5, 5.41) is 1.92. The minimum atomic E-state index is -3.50. The van der Waals surface area contributed by atoms with E-state index in [9.17, 15) is 8.42 Å². The Morgan fingerprint density at radius 1 is 1.26 bits per heavy atom. The minimum absolute atomic E-state index is 0.258. The predicted molar refractivity (Wildman–Crippen MR) is 84.9 cm³/mol. The average molecular weight is 425 g/mol. The van der Waals surface area contributed by atoms with E-state index >= 15 is 0 Å². The minimum Gasteiger partial charge on any atom is -0.207 e. The molecule has 0 aliphatic rings. The molecule has 0 unspecified atom stereocenters. The highest BCUT2D eigenvalue weighted by Crippen LogP contribution is 2.24. The van der Waals surface area contributed by atoms with Crippen LogP contribution >= 0.6 is 43.2 Å². The molecule has 2 aromatic rings. The summed E-state index contributed by atoms with van der Waals surface area (Å²) in [7, 11) is -3.50. The molecular weight excluding hydrogens is 414 g/mol. The first-order valence-electron chi connectivity index (χ1n) is 5.37. The second kappa shape index (κ2) is 6.05. The van der Waals surface area contributed by atoms with Gasteiger partial charge < -0.3 is 0 Å². The third-order valence-electron chi connectivity index (χ3n) is 2.44. The van der Waals surface area contributed by atoms with Crippen LogP contribution in [0.4, 0.5) is 0 Å². The van der Waals surface area contributed by atoms with Gasteiger partial charge in [0.15, 0.2) is 0 Å². The molecule has 0 fully saturated rings. The summed E-state index contributed by atoms with van der Waals surface area (Å²) in [6.45, 7) is 2.21. The van der Waals surface area contributed by atoms with Gasteiger partial charge in [-0.2, -0.15) is 0 Å². The number of rotatable bonds is 4. The summed E-state index contributed by atoms with van der Waals surface area (Å²) in [4.78, 5) is 1.22. The molecule has 102 valence electrons. The van der Waals surface area contributed by atoms with Gasteiger partial charge in [-0.1, -0.05) is 6.07 Å². The normalized spacial score (nSPS) is 11.7. The molecule has 2 rings (SSSR count). The quantitative estimate of drug-likeness (QED) is 0.804. The number of halogens is 2. The van der Waals surface area contributed by atoms with Crippen molar-refractivity contribution in [1.82, 2.24) is 4.72 Å². The molecule has 1 aromatic carbocycles. The monoisotopic (exact) mass is 423 g/mol. The third-order valence-corrected chi connectivity index (χ3v) is 6.51. The summed E-state index contributed by atoms with van der Waals surface area (Å²) in [5.74, 6) is 0. The average Bonchev–Trinajstić information content (AvgIpc) is 2.72. The zero-order valence-corrected chi connectivity index (χ0v) is 14.8. The molecule has 3 nitrogen and oxygen atoms in total. The first-order valence-corrected chi connectivity index (χ1v) is 9.32. The van der Waals surface area contributed by atoms with Gasteiger partial charge in [-0.25, -0.2) is 13.1 Å². The van der Waals surface area contributed by atoms with Crippen LogP contribution in [0.2, 0.25) is 0 Å². The number of sulfonamides is 1. The van der Waals surface area contributed by atoms with Crippen molar-refractivity contribution in [1.29, 1.82) is 0 Å². The van der Waals surface area contributed by atoms with Crippen molar-refractivity contribution >= 4 is 53.2 Å². The summed E-state index contributed by atoms with van der Waals surface area (Å²) >= 11 is 8.14. The summed E-state index contributed by atoms with van der Waals surface area (Å²) < 4.78 is 28.5. The van der Waals surface area contributed by atoms with E-state index in [1.165, 1.54) is 11.3 Å². The number of nitrogens with one attached hydrogen (secondary N) is 1. The predicted octanol–water partition coefficient (Wildman–Crippen LogP) is 4.06. The third kappa shape index (κ3) is 3.88. The van der Waals surface area contributed by atoms with Crippen molar-refractivity contribution < 1.29 is 8.42 Å². The lowest BCUT2D eigenvalue weighted by molar-refractivity contribution is 0.581. The Bertz CT molecular complexity index is 696. The van der Waals surface area contributed by atoms with Gasteiger partial charge >= 0.3 is 0 Å². The maximum Gasteiger partial charge on any atom is 0.242 e. The van der Waals surface area contributed by atoms with Crippen LogP contribution < -0.4 is 4.72 Å². The molecule has 1 N–H and O–H groups in total. The van der Waals surface area contributed by atoms with Crippen LogP contribution in [-0.2, 0) is 16.6 Å². The van der Waals surface area contributed by atoms with Crippen LogP contribution in [0.15, 0.2) is 43.5 Å². The number of hydrogen-bond acceptors (Lipinski definition) is 3. The molecule has 0 aliphatic carbocycles. The van der Waals surface area contributed by atoms with Crippen molar-refractivity contribution in [3.63, 3.8) is 0 Å². The van der Waals surface area contributed by atoms with Crippen LogP contribution in [0, 0.1) is 6.92 Å². The molecule has 0 aliphatic heterocycles. The van der Waals surface area contributed by atoms with Crippen LogP contribution in [0.5, 0.6) is 0 Å². The highest BCUT2D eigenvalue weighted by molar-refractivity contribution is 9.10. The second-order valence-corrected chi connectivity index (χ2v) is 8.49. The SMILES string of the molecule is Cc1ccc(S(=O)(=O)NCc2cc(Br)cs2)c(Br)c1. The summed E-state index contributed by atoms with van der Waals surface area (Å²) in [6.07, 6.45) is 0. The maximum absolute atomic E-state index is 12.2. The van der Waals surface area contributed by atoms with Crippen LogP contribution in [0.3, 0.4) is 0 Å². The van der Waals surface area contributed by atoms with E-state index in [0.29, 0.717) is 11.0 Å². The number of hydrogen-bond donors (Lipinski definition) is 1. The van der Waals surface area contributed by atoms with E-state index in [1.807, 2.05) is 18.4 Å². The van der Waals surface area contributed by atoms with Crippen molar-refractivity contribution in [2.75, 3.05) is 0 Å². The molecule has 7 heteroatoms. The lowest BCUT2D eigenvalue weighted by Crippen LogP contribution is -2.23. The van der Waals surface area contributed by atoms with Gasteiger partial charge in [0.05, 0.1) is 4.90 Å². The Morgan fingerprint density at radius 2 is 2.00 bits per heavy atom. The highest BCUT2D eigenvalue weighted by atomic mass is 79.9. The van der Waals surface area contributed by atoms with E-state index in [2.05, 4.69) is 36.6 Å². The molecule has 0 radical (unpaired) electrons. The van der Waals surface area contributed by atoms with Crippen LogP contribution in [-0.4, -0.2) is 8.42 Å². The molecule has 1 heterocycles. The fourth-order valence-corrected chi connectivity index (χ4v) is 5.19. The van der Waals surface area contributed by atoms with Gasteiger partial charge in [-0.3, -0.25) is 0 Å². The lowest BCUT2D eigenvalue weighted by Gasteiger charge is -2.08. The first kappa shape index (κ1) is 15.2. The fourth-order valence-electron chi connectivity index (χ4n) is 1.51. The number of thiophene rings is 1. The van der Waals surface area contributed by atoms with Gasteiger partial charge in [0.2, 0.25) is 10.0 Å². The van der Waals surface area contributed by atoms with Crippen LogP contribution in [0.25, 0.3) is 0 Å². The molecule has 0 spiro atoms. The lowest BCUT2D eigenvalue weighted by atomic mass is 10.2. The first-order chi connectivity index (χ1) is 8.88. The van der Waals surface area contributed by atoms with E-state index in [-0.39, 0.29) is 4.90 Å². The Kier molecular flexibility index (Phi) is 4.84.